The Labute approximate surface area is 91.4 Å². The van der Waals surface area contributed by atoms with Gasteiger partial charge in [-0.05, 0) is 23.6 Å². The molecule has 1 heterocycles. The molecule has 5 nitrogen and oxygen atoms in total. The number of rotatable bonds is 2. The zero-order valence-corrected chi connectivity index (χ0v) is 8.29. The number of carbonyl (C=O) groups is 1. The highest BCUT2D eigenvalue weighted by molar-refractivity contribution is 6.31. The molecular formula is C11H9N3O2. The van der Waals surface area contributed by atoms with E-state index in [1.54, 1.807) is 24.5 Å². The van der Waals surface area contributed by atoms with Crippen LogP contribution < -0.4 is 5.32 Å². The normalized spacial score (nSPS) is 10.8. The van der Waals surface area contributed by atoms with Gasteiger partial charge in [0.25, 0.3) is 5.91 Å². The van der Waals surface area contributed by atoms with Crippen LogP contribution in [-0.2, 0) is 4.79 Å². The van der Waals surface area contributed by atoms with Gasteiger partial charge in [-0.3, -0.25) is 9.78 Å². The molecule has 0 aliphatic heterocycles. The molecule has 1 amide bonds. The number of benzene rings is 1. The highest BCUT2D eigenvalue weighted by Gasteiger charge is 2.00. The quantitative estimate of drug-likeness (QED) is 0.454. The van der Waals surface area contributed by atoms with Gasteiger partial charge in [0.15, 0.2) is 0 Å². The van der Waals surface area contributed by atoms with Gasteiger partial charge in [0, 0.05) is 23.5 Å². The molecule has 2 aromatic rings. The predicted molar refractivity (Wildman–Crippen MR) is 60.7 cm³/mol. The van der Waals surface area contributed by atoms with Gasteiger partial charge >= 0.3 is 0 Å². The molecule has 0 unspecified atom stereocenters. The van der Waals surface area contributed by atoms with Gasteiger partial charge in [-0.25, -0.2) is 0 Å². The Morgan fingerprint density at radius 2 is 2.25 bits per heavy atom. The lowest BCUT2D eigenvalue weighted by molar-refractivity contribution is -0.110. The van der Waals surface area contributed by atoms with Crippen molar-refractivity contribution in [1.29, 1.82) is 0 Å². The number of hydrogen-bond donors (Lipinski definition) is 2. The van der Waals surface area contributed by atoms with Crippen molar-refractivity contribution in [2.45, 2.75) is 0 Å². The number of hydrogen-bond acceptors (Lipinski definition) is 4. The number of amides is 1. The third-order valence-electron chi connectivity index (χ3n) is 2.08. The molecule has 0 radical (unpaired) electrons. The van der Waals surface area contributed by atoms with Crippen LogP contribution in [-0.4, -0.2) is 22.3 Å². The minimum atomic E-state index is -0.481. The molecule has 0 aliphatic carbocycles. The second-order valence-electron chi connectivity index (χ2n) is 3.17. The maximum absolute atomic E-state index is 11.1. The third-order valence-corrected chi connectivity index (χ3v) is 2.08. The van der Waals surface area contributed by atoms with Crippen LogP contribution in [0.5, 0.6) is 0 Å². The molecule has 0 saturated carbocycles. The fraction of sp³-hybridized carbons (Fsp3) is 0. The summed E-state index contributed by atoms with van der Waals surface area (Å²) in [7, 11) is 0. The molecule has 0 bridgehead atoms. The Morgan fingerprint density at radius 3 is 3.06 bits per heavy atom. The third kappa shape index (κ3) is 2.14. The van der Waals surface area contributed by atoms with E-state index in [9.17, 15) is 4.79 Å². The van der Waals surface area contributed by atoms with Crippen LogP contribution in [0.4, 0.5) is 5.69 Å². The molecule has 0 spiro atoms. The van der Waals surface area contributed by atoms with Crippen molar-refractivity contribution < 1.29 is 10.0 Å². The van der Waals surface area contributed by atoms with Crippen molar-refractivity contribution in [3.8, 4) is 0 Å². The summed E-state index contributed by atoms with van der Waals surface area (Å²) in [6, 6.07) is 7.33. The van der Waals surface area contributed by atoms with Crippen LogP contribution in [0.2, 0.25) is 0 Å². The maximum atomic E-state index is 11.1. The summed E-state index contributed by atoms with van der Waals surface area (Å²) in [6.45, 7) is 0. The number of aromatic nitrogens is 1. The summed E-state index contributed by atoms with van der Waals surface area (Å²) in [5, 5.41) is 15.4. The molecule has 0 fully saturated rings. The lowest BCUT2D eigenvalue weighted by Crippen LogP contribution is -2.12. The first kappa shape index (κ1) is 10.1. The average molecular weight is 215 g/mol. The van der Waals surface area contributed by atoms with E-state index in [-0.39, 0.29) is 0 Å². The molecule has 80 valence electrons. The summed E-state index contributed by atoms with van der Waals surface area (Å²) in [5.74, 6) is -0.481. The van der Waals surface area contributed by atoms with Crippen LogP contribution in [0.1, 0.15) is 0 Å². The van der Waals surface area contributed by atoms with Crippen molar-refractivity contribution in [2.24, 2.45) is 5.16 Å². The largest absolute Gasteiger partial charge is 0.411 e. The SMILES string of the molecule is O=C(C=NO)Nc1ccc2ccncc2c1. The Balaban J connectivity index is 2.29. The zero-order chi connectivity index (χ0) is 11.4. The summed E-state index contributed by atoms with van der Waals surface area (Å²) in [4.78, 5) is 15.1. The molecule has 2 rings (SSSR count). The highest BCUT2D eigenvalue weighted by Crippen LogP contribution is 2.17. The Morgan fingerprint density at radius 1 is 1.38 bits per heavy atom. The van der Waals surface area contributed by atoms with Crippen LogP contribution in [0.25, 0.3) is 10.8 Å². The van der Waals surface area contributed by atoms with Crippen molar-refractivity contribution >= 4 is 28.6 Å². The monoisotopic (exact) mass is 215 g/mol. The first-order valence-electron chi connectivity index (χ1n) is 4.62. The van der Waals surface area contributed by atoms with E-state index in [0.29, 0.717) is 5.69 Å². The highest BCUT2D eigenvalue weighted by atomic mass is 16.4. The van der Waals surface area contributed by atoms with Crippen molar-refractivity contribution in [1.82, 2.24) is 4.98 Å². The number of pyridine rings is 1. The van der Waals surface area contributed by atoms with E-state index in [1.807, 2.05) is 12.1 Å². The molecule has 0 saturated heterocycles. The Kier molecular flexibility index (Phi) is 2.77. The van der Waals surface area contributed by atoms with Crippen LogP contribution >= 0.6 is 0 Å². The fourth-order valence-corrected chi connectivity index (χ4v) is 1.39. The molecule has 16 heavy (non-hydrogen) atoms. The number of nitrogens with one attached hydrogen (secondary N) is 1. The lowest BCUT2D eigenvalue weighted by atomic mass is 10.1. The summed E-state index contributed by atoms with van der Waals surface area (Å²) < 4.78 is 0. The average Bonchev–Trinajstić information content (AvgIpc) is 2.29. The number of carbonyl (C=O) groups excluding carboxylic acids is 1. The molecule has 2 N–H and O–H groups in total. The number of fused-ring (bicyclic) bond motifs is 1. The number of anilines is 1. The van der Waals surface area contributed by atoms with Gasteiger partial charge in [0.05, 0.1) is 0 Å². The van der Waals surface area contributed by atoms with E-state index in [1.165, 1.54) is 0 Å². The van der Waals surface area contributed by atoms with E-state index >= 15 is 0 Å². The zero-order valence-electron chi connectivity index (χ0n) is 8.29. The van der Waals surface area contributed by atoms with E-state index in [2.05, 4.69) is 15.5 Å². The maximum Gasteiger partial charge on any atom is 0.270 e. The van der Waals surface area contributed by atoms with E-state index in [0.717, 1.165) is 17.0 Å². The van der Waals surface area contributed by atoms with Crippen molar-refractivity contribution in [3.05, 3.63) is 36.7 Å². The second kappa shape index (κ2) is 4.39. The summed E-state index contributed by atoms with van der Waals surface area (Å²) >= 11 is 0. The second-order valence-corrected chi connectivity index (χ2v) is 3.17. The fourth-order valence-electron chi connectivity index (χ4n) is 1.39. The van der Waals surface area contributed by atoms with Gasteiger partial charge in [0.1, 0.15) is 6.21 Å². The first-order chi connectivity index (χ1) is 7.79. The van der Waals surface area contributed by atoms with Crippen molar-refractivity contribution in [2.75, 3.05) is 5.32 Å². The van der Waals surface area contributed by atoms with Gasteiger partial charge in [-0.1, -0.05) is 11.2 Å². The molecular weight excluding hydrogens is 206 g/mol. The standard InChI is InChI=1S/C11H9N3O2/c15-11(7-13-16)14-10-2-1-8-3-4-12-6-9(8)5-10/h1-7,16H,(H,14,15). The molecule has 0 aliphatic rings. The lowest BCUT2D eigenvalue weighted by Gasteiger charge is -2.03. The molecule has 1 aromatic heterocycles. The van der Waals surface area contributed by atoms with Crippen molar-refractivity contribution in [3.63, 3.8) is 0 Å². The van der Waals surface area contributed by atoms with Crippen LogP contribution in [0.15, 0.2) is 41.8 Å². The first-order valence-corrected chi connectivity index (χ1v) is 4.62. The number of oxime groups is 1. The minimum Gasteiger partial charge on any atom is -0.411 e. The molecule has 0 atom stereocenters. The summed E-state index contributed by atoms with van der Waals surface area (Å²) in [6.07, 6.45) is 4.22. The molecule has 5 heteroatoms. The predicted octanol–water partition coefficient (Wildman–Crippen LogP) is 1.63. The van der Waals surface area contributed by atoms with Gasteiger partial charge < -0.3 is 10.5 Å². The van der Waals surface area contributed by atoms with Gasteiger partial charge in [0.2, 0.25) is 0 Å². The molecule has 1 aromatic carbocycles. The van der Waals surface area contributed by atoms with Gasteiger partial charge in [-0.15, -0.1) is 0 Å². The Hall–Kier alpha value is -2.43. The van der Waals surface area contributed by atoms with E-state index in [4.69, 9.17) is 5.21 Å². The minimum absolute atomic E-state index is 0.481. The van der Waals surface area contributed by atoms with Crippen LogP contribution in [0, 0.1) is 0 Å². The smallest absolute Gasteiger partial charge is 0.270 e. The Bertz CT molecular complexity index is 552. The summed E-state index contributed by atoms with van der Waals surface area (Å²) in [5.41, 5.74) is 0.630. The number of nitrogens with zero attached hydrogens (tertiary/aromatic N) is 2. The van der Waals surface area contributed by atoms with E-state index < -0.39 is 5.91 Å². The topological polar surface area (TPSA) is 74.6 Å². The van der Waals surface area contributed by atoms with Crippen LogP contribution in [0.3, 0.4) is 0 Å². The van der Waals surface area contributed by atoms with Gasteiger partial charge in [-0.2, -0.15) is 0 Å².